The van der Waals surface area contributed by atoms with Crippen LogP contribution in [0.2, 0.25) is 0 Å². The molecule has 0 atom stereocenters. The van der Waals surface area contributed by atoms with Crippen molar-refractivity contribution in [2.24, 2.45) is 0 Å². The molecule has 0 fully saturated rings. The largest absolute Gasteiger partial charge is 0.328 e. The van der Waals surface area contributed by atoms with Gasteiger partial charge in [0.2, 0.25) is 0 Å². The third-order valence-electron chi connectivity index (χ3n) is 3.05. The fourth-order valence-electron chi connectivity index (χ4n) is 1.90. The van der Waals surface area contributed by atoms with Crippen LogP contribution in [0.4, 0.5) is 11.9 Å². The molecule has 0 radical (unpaired) electrons. The van der Waals surface area contributed by atoms with Gasteiger partial charge < -0.3 is 10.6 Å². The molecule has 3 aromatic rings. The summed E-state index contributed by atoms with van der Waals surface area (Å²) in [5.41, 5.74) is 2.16. The topological polar surface area (TPSA) is 75.6 Å². The lowest BCUT2D eigenvalue weighted by Crippen LogP contribution is -2.04. The summed E-state index contributed by atoms with van der Waals surface area (Å²) in [7, 11) is 0. The van der Waals surface area contributed by atoms with Gasteiger partial charge in [-0.15, -0.1) is 20.4 Å². The van der Waals surface area contributed by atoms with Gasteiger partial charge in [-0.05, 0) is 23.3 Å². The maximum Gasteiger partial charge on any atom is 0.266 e. The average Bonchev–Trinajstić information content (AvgIpc) is 2.65. The molecular formula is C18H16N6. The molecule has 0 aliphatic heterocycles. The van der Waals surface area contributed by atoms with Crippen LogP contribution in [-0.2, 0) is 0 Å². The van der Waals surface area contributed by atoms with Crippen molar-refractivity contribution in [2.75, 3.05) is 10.6 Å². The van der Waals surface area contributed by atoms with Gasteiger partial charge in [0, 0.05) is 12.4 Å². The Balaban J connectivity index is 1.52. The SMILES string of the molecule is C(=C\c1ccccc1)/Nc1nnc(N/C=C/c2ccccc2)nn1. The highest BCUT2D eigenvalue weighted by molar-refractivity contribution is 5.52. The number of nitrogens with one attached hydrogen (secondary N) is 2. The number of hydrogen-bond acceptors (Lipinski definition) is 6. The van der Waals surface area contributed by atoms with Crippen molar-refractivity contribution in [3.8, 4) is 0 Å². The van der Waals surface area contributed by atoms with Gasteiger partial charge in [-0.3, -0.25) is 0 Å². The molecule has 6 heteroatoms. The Morgan fingerprint density at radius 1 is 0.542 bits per heavy atom. The number of hydrogen-bond donors (Lipinski definition) is 2. The molecule has 0 aliphatic rings. The van der Waals surface area contributed by atoms with E-state index < -0.39 is 0 Å². The molecule has 0 unspecified atom stereocenters. The van der Waals surface area contributed by atoms with Gasteiger partial charge in [0.25, 0.3) is 11.9 Å². The van der Waals surface area contributed by atoms with Gasteiger partial charge in [0.15, 0.2) is 0 Å². The first-order chi connectivity index (χ1) is 11.9. The molecule has 24 heavy (non-hydrogen) atoms. The second kappa shape index (κ2) is 8.19. The van der Waals surface area contributed by atoms with Gasteiger partial charge in [-0.1, -0.05) is 60.7 Å². The summed E-state index contributed by atoms with van der Waals surface area (Å²) in [6.07, 6.45) is 7.32. The van der Waals surface area contributed by atoms with Crippen LogP contribution in [0.3, 0.4) is 0 Å². The van der Waals surface area contributed by atoms with Crippen molar-refractivity contribution < 1.29 is 0 Å². The molecule has 1 aromatic heterocycles. The first-order valence-electron chi connectivity index (χ1n) is 7.44. The zero-order valence-electron chi connectivity index (χ0n) is 12.9. The van der Waals surface area contributed by atoms with Gasteiger partial charge in [-0.2, -0.15) is 0 Å². The lowest BCUT2D eigenvalue weighted by molar-refractivity contribution is 0.876. The van der Waals surface area contributed by atoms with Gasteiger partial charge in [-0.25, -0.2) is 0 Å². The molecule has 0 amide bonds. The molecule has 118 valence electrons. The number of benzene rings is 2. The van der Waals surface area contributed by atoms with E-state index in [1.54, 1.807) is 12.4 Å². The first kappa shape index (κ1) is 15.4. The van der Waals surface area contributed by atoms with Crippen LogP contribution in [0.1, 0.15) is 11.1 Å². The predicted octanol–water partition coefficient (Wildman–Crippen LogP) is 3.43. The molecule has 2 aromatic carbocycles. The fraction of sp³-hybridized carbons (Fsp3) is 0. The average molecular weight is 316 g/mol. The summed E-state index contributed by atoms with van der Waals surface area (Å²) in [5, 5.41) is 21.7. The third-order valence-corrected chi connectivity index (χ3v) is 3.05. The molecule has 1 heterocycles. The zero-order valence-corrected chi connectivity index (χ0v) is 12.9. The van der Waals surface area contributed by atoms with Crippen LogP contribution in [0.15, 0.2) is 73.1 Å². The van der Waals surface area contributed by atoms with E-state index in [1.807, 2.05) is 72.8 Å². The Labute approximate surface area is 140 Å². The molecule has 2 N–H and O–H groups in total. The first-order valence-corrected chi connectivity index (χ1v) is 7.44. The van der Waals surface area contributed by atoms with Crippen LogP contribution in [0.5, 0.6) is 0 Å². The van der Waals surface area contributed by atoms with Gasteiger partial charge in [0.05, 0.1) is 0 Å². The standard InChI is InChI=1S/C18H16N6/c1-3-7-15(8-4-1)11-13-19-17-21-23-18(24-22-17)20-14-12-16-9-5-2-6-10-16/h1-14H,(H,19,21,22)(H,20,23,24)/b13-11+,14-12+. The second-order valence-electron chi connectivity index (χ2n) is 4.82. The van der Waals surface area contributed by atoms with Crippen molar-refractivity contribution in [1.82, 2.24) is 20.4 Å². The molecule has 0 saturated heterocycles. The van der Waals surface area contributed by atoms with Crippen LogP contribution in [0.25, 0.3) is 12.2 Å². The van der Waals surface area contributed by atoms with E-state index in [9.17, 15) is 0 Å². The number of aromatic nitrogens is 4. The fourth-order valence-corrected chi connectivity index (χ4v) is 1.90. The minimum Gasteiger partial charge on any atom is -0.328 e. The van der Waals surface area contributed by atoms with E-state index in [2.05, 4.69) is 31.0 Å². The van der Waals surface area contributed by atoms with Gasteiger partial charge in [0.1, 0.15) is 0 Å². The molecule has 0 bridgehead atoms. The van der Waals surface area contributed by atoms with E-state index in [1.165, 1.54) is 0 Å². The summed E-state index contributed by atoms with van der Waals surface area (Å²) >= 11 is 0. The summed E-state index contributed by atoms with van der Waals surface area (Å²) in [5.74, 6) is 0.666. The van der Waals surface area contributed by atoms with E-state index >= 15 is 0 Å². The van der Waals surface area contributed by atoms with Crippen LogP contribution < -0.4 is 10.6 Å². The molecule has 0 saturated carbocycles. The highest BCUT2D eigenvalue weighted by atomic mass is 15.4. The lowest BCUT2D eigenvalue weighted by atomic mass is 10.2. The zero-order chi connectivity index (χ0) is 16.5. The maximum absolute atomic E-state index is 3.95. The quantitative estimate of drug-likeness (QED) is 0.725. The van der Waals surface area contributed by atoms with E-state index in [0.29, 0.717) is 11.9 Å². The molecule has 0 spiro atoms. The highest BCUT2D eigenvalue weighted by Gasteiger charge is 1.97. The monoisotopic (exact) mass is 316 g/mol. The molecule has 3 rings (SSSR count). The number of anilines is 2. The Bertz CT molecular complexity index is 727. The molecule has 6 nitrogen and oxygen atoms in total. The van der Waals surface area contributed by atoms with Crippen molar-refractivity contribution in [3.05, 3.63) is 84.2 Å². The maximum atomic E-state index is 3.95. The Morgan fingerprint density at radius 3 is 1.29 bits per heavy atom. The van der Waals surface area contributed by atoms with Crippen LogP contribution >= 0.6 is 0 Å². The summed E-state index contributed by atoms with van der Waals surface area (Å²) in [6.45, 7) is 0. The van der Waals surface area contributed by atoms with Crippen molar-refractivity contribution in [1.29, 1.82) is 0 Å². The Morgan fingerprint density at radius 2 is 0.917 bits per heavy atom. The van der Waals surface area contributed by atoms with E-state index in [-0.39, 0.29) is 0 Å². The summed E-state index contributed by atoms with van der Waals surface area (Å²) < 4.78 is 0. The minimum atomic E-state index is 0.333. The normalized spacial score (nSPS) is 11.0. The minimum absolute atomic E-state index is 0.333. The lowest BCUT2D eigenvalue weighted by Gasteiger charge is -1.99. The third kappa shape index (κ3) is 4.74. The molecule has 0 aliphatic carbocycles. The number of nitrogens with zero attached hydrogens (tertiary/aromatic N) is 4. The van der Waals surface area contributed by atoms with Crippen molar-refractivity contribution in [2.45, 2.75) is 0 Å². The predicted molar refractivity (Wildman–Crippen MR) is 95.8 cm³/mol. The van der Waals surface area contributed by atoms with Gasteiger partial charge >= 0.3 is 0 Å². The van der Waals surface area contributed by atoms with E-state index in [0.717, 1.165) is 11.1 Å². The Hall–Kier alpha value is -3.54. The summed E-state index contributed by atoms with van der Waals surface area (Å²) in [6, 6.07) is 19.8. The highest BCUT2D eigenvalue weighted by Crippen LogP contribution is 2.03. The smallest absolute Gasteiger partial charge is 0.266 e. The number of rotatable bonds is 6. The Kier molecular flexibility index (Phi) is 5.24. The van der Waals surface area contributed by atoms with Crippen molar-refractivity contribution >= 4 is 24.0 Å². The van der Waals surface area contributed by atoms with Crippen LogP contribution in [-0.4, -0.2) is 20.4 Å². The second-order valence-corrected chi connectivity index (χ2v) is 4.82. The molecular weight excluding hydrogens is 300 g/mol. The van der Waals surface area contributed by atoms with Crippen molar-refractivity contribution in [3.63, 3.8) is 0 Å². The van der Waals surface area contributed by atoms with E-state index in [4.69, 9.17) is 0 Å². The van der Waals surface area contributed by atoms with Crippen LogP contribution in [0, 0.1) is 0 Å². The summed E-state index contributed by atoms with van der Waals surface area (Å²) in [4.78, 5) is 0.